The fourth-order valence-corrected chi connectivity index (χ4v) is 3.82. The summed E-state index contributed by atoms with van der Waals surface area (Å²) in [5.41, 5.74) is 3.81. The fraction of sp³-hybridized carbons (Fsp3) is 0.160. The molecule has 6 heteroatoms. The Hall–Kier alpha value is -3.93. The minimum absolute atomic E-state index is 0.0798. The Balaban J connectivity index is 1.98. The quantitative estimate of drug-likeness (QED) is 0.383. The molecule has 0 aliphatic carbocycles. The number of ether oxygens (including phenoxy) is 2. The number of phenolic OH excluding ortho intramolecular Hbond substituents is 2. The first kappa shape index (κ1) is 20.3. The van der Waals surface area contributed by atoms with E-state index in [9.17, 15) is 15.0 Å². The lowest BCUT2D eigenvalue weighted by Gasteiger charge is -2.11. The van der Waals surface area contributed by atoms with E-state index in [1.807, 2.05) is 30.3 Å². The summed E-state index contributed by atoms with van der Waals surface area (Å²) < 4.78 is 10.6. The number of aromatic nitrogens is 1. The van der Waals surface area contributed by atoms with Crippen LogP contribution in [0.2, 0.25) is 0 Å². The lowest BCUT2D eigenvalue weighted by atomic mass is 9.94. The molecule has 0 radical (unpaired) electrons. The van der Waals surface area contributed by atoms with Crippen LogP contribution < -0.4 is 4.74 Å². The van der Waals surface area contributed by atoms with Crippen molar-refractivity contribution in [3.8, 4) is 28.4 Å². The summed E-state index contributed by atoms with van der Waals surface area (Å²) in [6.45, 7) is 1.98. The largest absolute Gasteiger partial charge is 0.508 e. The van der Waals surface area contributed by atoms with Crippen LogP contribution in [0.1, 0.15) is 28.5 Å². The zero-order chi connectivity index (χ0) is 22.0. The molecule has 158 valence electrons. The van der Waals surface area contributed by atoms with E-state index in [1.165, 1.54) is 0 Å². The first-order chi connectivity index (χ1) is 15.0. The summed E-state index contributed by atoms with van der Waals surface area (Å²) in [5, 5.41) is 21.5. The van der Waals surface area contributed by atoms with E-state index in [4.69, 9.17) is 9.47 Å². The SMILES string of the molecule is CCOC(=O)c1[nH]c2ccc(O)c(Cc3cccc(OC)c3)c2c1-c1cccc(O)c1. The van der Waals surface area contributed by atoms with Crippen LogP contribution in [0.5, 0.6) is 17.2 Å². The number of benzene rings is 3. The molecule has 1 heterocycles. The third kappa shape index (κ3) is 3.92. The van der Waals surface area contributed by atoms with Crippen LogP contribution >= 0.6 is 0 Å². The van der Waals surface area contributed by atoms with Crippen molar-refractivity contribution in [3.63, 3.8) is 0 Å². The molecule has 4 rings (SSSR count). The second-order valence-electron chi connectivity index (χ2n) is 7.16. The van der Waals surface area contributed by atoms with Gasteiger partial charge < -0.3 is 24.7 Å². The predicted molar refractivity (Wildman–Crippen MR) is 119 cm³/mol. The van der Waals surface area contributed by atoms with Crippen molar-refractivity contribution in [2.24, 2.45) is 0 Å². The highest BCUT2D eigenvalue weighted by atomic mass is 16.5. The van der Waals surface area contributed by atoms with Gasteiger partial charge in [0.2, 0.25) is 0 Å². The number of rotatable bonds is 6. The molecule has 0 bridgehead atoms. The summed E-state index contributed by atoms with van der Waals surface area (Å²) in [7, 11) is 1.61. The molecular weight excluding hydrogens is 394 g/mol. The Morgan fingerprint density at radius 1 is 1.03 bits per heavy atom. The number of phenols is 2. The number of esters is 1. The van der Waals surface area contributed by atoms with Gasteiger partial charge in [0.25, 0.3) is 0 Å². The minimum atomic E-state index is -0.496. The van der Waals surface area contributed by atoms with Crippen molar-refractivity contribution in [2.45, 2.75) is 13.3 Å². The highest BCUT2D eigenvalue weighted by Crippen LogP contribution is 2.40. The lowest BCUT2D eigenvalue weighted by Crippen LogP contribution is -2.06. The van der Waals surface area contributed by atoms with Crippen molar-refractivity contribution in [1.82, 2.24) is 4.98 Å². The van der Waals surface area contributed by atoms with Crippen LogP contribution in [-0.2, 0) is 11.2 Å². The third-order valence-electron chi connectivity index (χ3n) is 5.18. The Bertz CT molecular complexity index is 1260. The molecule has 0 saturated carbocycles. The van der Waals surface area contributed by atoms with Crippen LogP contribution in [0.3, 0.4) is 0 Å². The highest BCUT2D eigenvalue weighted by Gasteiger charge is 2.24. The van der Waals surface area contributed by atoms with Crippen molar-refractivity contribution < 1.29 is 24.5 Å². The Kier molecular flexibility index (Phi) is 5.54. The van der Waals surface area contributed by atoms with E-state index in [1.54, 1.807) is 44.4 Å². The number of hydrogen-bond acceptors (Lipinski definition) is 5. The van der Waals surface area contributed by atoms with Crippen LogP contribution in [0, 0.1) is 0 Å². The third-order valence-corrected chi connectivity index (χ3v) is 5.18. The molecule has 0 unspecified atom stereocenters. The predicted octanol–water partition coefficient (Wildman–Crippen LogP) is 5.02. The lowest BCUT2D eigenvalue weighted by molar-refractivity contribution is 0.0521. The van der Waals surface area contributed by atoms with E-state index in [0.717, 1.165) is 11.3 Å². The molecule has 0 atom stereocenters. The normalized spacial score (nSPS) is 10.9. The van der Waals surface area contributed by atoms with E-state index < -0.39 is 5.97 Å². The van der Waals surface area contributed by atoms with Gasteiger partial charge in [-0.1, -0.05) is 24.3 Å². The topological polar surface area (TPSA) is 91.8 Å². The van der Waals surface area contributed by atoms with Crippen molar-refractivity contribution >= 4 is 16.9 Å². The van der Waals surface area contributed by atoms with E-state index in [0.29, 0.717) is 34.0 Å². The van der Waals surface area contributed by atoms with Crippen LogP contribution in [-0.4, -0.2) is 34.9 Å². The van der Waals surface area contributed by atoms with Gasteiger partial charge in [-0.05, 0) is 54.4 Å². The maximum atomic E-state index is 12.7. The number of fused-ring (bicyclic) bond motifs is 1. The zero-order valence-electron chi connectivity index (χ0n) is 17.3. The summed E-state index contributed by atoms with van der Waals surface area (Å²) in [4.78, 5) is 15.9. The van der Waals surface area contributed by atoms with Gasteiger partial charge >= 0.3 is 5.97 Å². The number of methoxy groups -OCH3 is 1. The monoisotopic (exact) mass is 417 g/mol. The minimum Gasteiger partial charge on any atom is -0.508 e. The number of carbonyl (C=O) groups is 1. The number of nitrogens with one attached hydrogen (secondary N) is 1. The molecule has 0 fully saturated rings. The average Bonchev–Trinajstić information content (AvgIpc) is 3.16. The van der Waals surface area contributed by atoms with Crippen LogP contribution in [0.25, 0.3) is 22.0 Å². The van der Waals surface area contributed by atoms with Gasteiger partial charge in [0.05, 0.1) is 13.7 Å². The van der Waals surface area contributed by atoms with Gasteiger partial charge in [0.1, 0.15) is 22.9 Å². The zero-order valence-corrected chi connectivity index (χ0v) is 17.3. The van der Waals surface area contributed by atoms with Crippen LogP contribution in [0.4, 0.5) is 0 Å². The first-order valence-electron chi connectivity index (χ1n) is 9.97. The molecule has 6 nitrogen and oxygen atoms in total. The van der Waals surface area contributed by atoms with Crippen molar-refractivity contribution in [1.29, 1.82) is 0 Å². The second kappa shape index (κ2) is 8.44. The maximum Gasteiger partial charge on any atom is 0.355 e. The Labute approximate surface area is 179 Å². The van der Waals surface area contributed by atoms with E-state index >= 15 is 0 Å². The van der Waals surface area contributed by atoms with E-state index in [-0.39, 0.29) is 23.8 Å². The van der Waals surface area contributed by atoms with Crippen LogP contribution in [0.15, 0.2) is 60.7 Å². The van der Waals surface area contributed by atoms with Gasteiger partial charge in [-0.2, -0.15) is 0 Å². The standard InChI is InChI=1S/C25H23NO5/c1-3-31-25(29)24-22(16-7-5-8-17(27)14-16)23-19(21(28)11-10-20(23)26-24)13-15-6-4-9-18(12-15)30-2/h4-12,14,26-28H,3,13H2,1-2H3. The molecule has 0 saturated heterocycles. The maximum absolute atomic E-state index is 12.7. The van der Waals surface area contributed by atoms with Gasteiger partial charge in [-0.25, -0.2) is 4.79 Å². The summed E-state index contributed by atoms with van der Waals surface area (Å²) in [6.07, 6.45) is 0.423. The first-order valence-corrected chi connectivity index (χ1v) is 9.97. The number of hydrogen-bond donors (Lipinski definition) is 3. The van der Waals surface area contributed by atoms with Crippen molar-refractivity contribution in [2.75, 3.05) is 13.7 Å². The van der Waals surface area contributed by atoms with E-state index in [2.05, 4.69) is 4.98 Å². The summed E-state index contributed by atoms with van der Waals surface area (Å²) in [5.74, 6) is 0.421. The molecule has 3 aromatic carbocycles. The van der Waals surface area contributed by atoms with Gasteiger partial charge in [0, 0.05) is 28.5 Å². The molecule has 0 amide bonds. The molecule has 1 aromatic heterocycles. The molecule has 0 aliphatic heterocycles. The summed E-state index contributed by atoms with van der Waals surface area (Å²) >= 11 is 0. The number of aromatic hydroxyl groups is 2. The Morgan fingerprint density at radius 3 is 2.58 bits per heavy atom. The number of carbonyl (C=O) groups excluding carboxylic acids is 1. The fourth-order valence-electron chi connectivity index (χ4n) is 3.82. The molecule has 3 N–H and O–H groups in total. The molecule has 31 heavy (non-hydrogen) atoms. The number of H-pyrrole nitrogens is 1. The average molecular weight is 417 g/mol. The van der Waals surface area contributed by atoms with Crippen molar-refractivity contribution in [3.05, 3.63) is 77.5 Å². The Morgan fingerprint density at radius 2 is 1.84 bits per heavy atom. The molecule has 4 aromatic rings. The second-order valence-corrected chi connectivity index (χ2v) is 7.16. The van der Waals surface area contributed by atoms with Gasteiger partial charge in [-0.15, -0.1) is 0 Å². The smallest absolute Gasteiger partial charge is 0.355 e. The molecule has 0 aliphatic rings. The van der Waals surface area contributed by atoms with Gasteiger partial charge in [0.15, 0.2) is 0 Å². The summed E-state index contributed by atoms with van der Waals surface area (Å²) in [6, 6.07) is 17.6. The number of aromatic amines is 1. The van der Waals surface area contributed by atoms with Gasteiger partial charge in [-0.3, -0.25) is 0 Å². The highest BCUT2D eigenvalue weighted by molar-refractivity contribution is 6.10. The molecular formula is C25H23NO5. The molecule has 0 spiro atoms.